The van der Waals surface area contributed by atoms with Gasteiger partial charge in [0.05, 0.1) is 12.7 Å². The molecule has 1 rings (SSSR count). The van der Waals surface area contributed by atoms with Crippen LogP contribution in [0.15, 0.2) is 0 Å². The largest absolute Gasteiger partial charge is 0.394 e. The van der Waals surface area contributed by atoms with Crippen LogP contribution in [-0.2, 0) is 4.74 Å². The Morgan fingerprint density at radius 3 is 2.12 bits per heavy atom. The fraction of sp³-hybridized carbons (Fsp3) is 1.00. The summed E-state index contributed by atoms with van der Waals surface area (Å²) >= 11 is 0. The van der Waals surface area contributed by atoms with E-state index in [-0.39, 0.29) is 6.61 Å². The Labute approximate surface area is 101 Å². The first-order chi connectivity index (χ1) is 8.11. The van der Waals surface area contributed by atoms with E-state index < -0.39 is 30.5 Å². The monoisotopic (exact) mass is 249 g/mol. The Kier molecular flexibility index (Phi) is 6.32. The molecule has 1 aliphatic rings. The van der Waals surface area contributed by atoms with Crippen LogP contribution in [0.3, 0.4) is 0 Å². The molecule has 0 aromatic carbocycles. The number of hydrogen-bond acceptors (Lipinski definition) is 6. The summed E-state index contributed by atoms with van der Waals surface area (Å²) in [4.78, 5) is 0. The molecule has 0 saturated carbocycles. The first-order valence-corrected chi connectivity index (χ1v) is 6.12. The van der Waals surface area contributed by atoms with Crippen LogP contribution in [-0.4, -0.2) is 64.1 Å². The molecule has 0 aromatic heterocycles. The highest BCUT2D eigenvalue weighted by Gasteiger charge is 2.42. The quantitative estimate of drug-likeness (QED) is 0.360. The second-order valence-electron chi connectivity index (χ2n) is 4.51. The van der Waals surface area contributed by atoms with E-state index in [1.54, 1.807) is 0 Å². The summed E-state index contributed by atoms with van der Waals surface area (Å²) in [6.45, 7) is 0.263. The van der Waals surface area contributed by atoms with Gasteiger partial charge in [-0.1, -0.05) is 12.8 Å². The maximum Gasteiger partial charge on any atom is 0.111 e. The summed E-state index contributed by atoms with van der Waals surface area (Å²) < 4.78 is 5.37. The lowest BCUT2D eigenvalue weighted by Crippen LogP contribution is -2.58. The lowest BCUT2D eigenvalue weighted by atomic mass is 9.92. The van der Waals surface area contributed by atoms with E-state index in [1.165, 1.54) is 0 Å². The van der Waals surface area contributed by atoms with Crippen molar-refractivity contribution < 1.29 is 25.2 Å². The van der Waals surface area contributed by atoms with E-state index in [9.17, 15) is 15.3 Å². The molecule has 0 spiro atoms. The molecule has 0 radical (unpaired) electrons. The Balaban J connectivity index is 2.42. The zero-order valence-electron chi connectivity index (χ0n) is 9.90. The molecule has 1 saturated heterocycles. The average molecular weight is 249 g/mol. The van der Waals surface area contributed by atoms with E-state index in [4.69, 9.17) is 15.6 Å². The van der Waals surface area contributed by atoms with Gasteiger partial charge in [0.25, 0.3) is 0 Å². The normalized spacial score (nSPS) is 38.3. The number of ether oxygens (including phenoxy) is 1. The minimum atomic E-state index is -1.26. The minimum Gasteiger partial charge on any atom is -0.394 e. The predicted molar refractivity (Wildman–Crippen MR) is 61.3 cm³/mol. The van der Waals surface area contributed by atoms with E-state index in [1.807, 2.05) is 0 Å². The van der Waals surface area contributed by atoms with E-state index in [0.29, 0.717) is 13.0 Å². The Morgan fingerprint density at radius 2 is 1.53 bits per heavy atom. The van der Waals surface area contributed by atoms with Crippen molar-refractivity contribution in [2.24, 2.45) is 5.73 Å². The number of hydrogen-bond donors (Lipinski definition) is 5. The van der Waals surface area contributed by atoms with Gasteiger partial charge < -0.3 is 30.9 Å². The van der Waals surface area contributed by atoms with Gasteiger partial charge in [-0.05, 0) is 19.4 Å². The van der Waals surface area contributed by atoms with Gasteiger partial charge in [0.2, 0.25) is 0 Å². The second-order valence-corrected chi connectivity index (χ2v) is 4.51. The van der Waals surface area contributed by atoms with Crippen LogP contribution in [0.1, 0.15) is 25.7 Å². The van der Waals surface area contributed by atoms with Crippen LogP contribution in [0, 0.1) is 0 Å². The summed E-state index contributed by atoms with van der Waals surface area (Å²) in [7, 11) is 0. The molecule has 6 heteroatoms. The topological polar surface area (TPSA) is 116 Å². The van der Waals surface area contributed by atoms with Crippen LogP contribution in [0.4, 0.5) is 0 Å². The van der Waals surface area contributed by atoms with Crippen molar-refractivity contribution in [1.82, 2.24) is 0 Å². The maximum absolute atomic E-state index is 9.74. The SMILES string of the molecule is NCCCCCC1O[C@H](CO)[C@@H](O)[C@H](O)[C@H]1O. The van der Waals surface area contributed by atoms with Gasteiger partial charge in [-0.25, -0.2) is 0 Å². The van der Waals surface area contributed by atoms with Gasteiger partial charge in [0.1, 0.15) is 24.4 Å². The predicted octanol–water partition coefficient (Wildman–Crippen LogP) is -1.65. The summed E-state index contributed by atoms with van der Waals surface area (Å²) in [5, 5.41) is 37.9. The molecule has 102 valence electrons. The molecular formula is C11H23NO5. The fourth-order valence-electron chi connectivity index (χ4n) is 2.08. The smallest absolute Gasteiger partial charge is 0.111 e. The molecule has 0 aliphatic carbocycles. The number of unbranched alkanes of at least 4 members (excludes halogenated alkanes) is 2. The molecule has 1 fully saturated rings. The summed E-state index contributed by atoms with van der Waals surface area (Å²) in [5.74, 6) is 0. The number of rotatable bonds is 6. The highest BCUT2D eigenvalue weighted by molar-refractivity contribution is 4.91. The number of aliphatic hydroxyl groups excluding tert-OH is 4. The first-order valence-electron chi connectivity index (χ1n) is 6.12. The van der Waals surface area contributed by atoms with Crippen molar-refractivity contribution in [2.75, 3.05) is 13.2 Å². The maximum atomic E-state index is 9.74. The van der Waals surface area contributed by atoms with Crippen LogP contribution in [0.25, 0.3) is 0 Å². The molecule has 0 bridgehead atoms. The van der Waals surface area contributed by atoms with E-state index in [0.717, 1.165) is 19.3 Å². The van der Waals surface area contributed by atoms with E-state index >= 15 is 0 Å². The molecule has 6 nitrogen and oxygen atoms in total. The lowest BCUT2D eigenvalue weighted by Gasteiger charge is -2.40. The highest BCUT2D eigenvalue weighted by Crippen LogP contribution is 2.24. The third kappa shape index (κ3) is 3.87. The van der Waals surface area contributed by atoms with Crippen molar-refractivity contribution in [3.8, 4) is 0 Å². The van der Waals surface area contributed by atoms with Gasteiger partial charge in [-0.15, -0.1) is 0 Å². The minimum absolute atomic E-state index is 0.371. The molecule has 5 atom stereocenters. The molecule has 1 aliphatic heterocycles. The average Bonchev–Trinajstić information content (AvgIpc) is 2.34. The van der Waals surface area contributed by atoms with Gasteiger partial charge in [-0.2, -0.15) is 0 Å². The molecule has 17 heavy (non-hydrogen) atoms. The summed E-state index contributed by atoms with van der Waals surface area (Å²) in [6.07, 6.45) is -1.71. The van der Waals surface area contributed by atoms with Gasteiger partial charge in [0, 0.05) is 0 Å². The van der Waals surface area contributed by atoms with E-state index in [2.05, 4.69) is 0 Å². The first kappa shape index (κ1) is 14.8. The second kappa shape index (κ2) is 7.25. The fourth-order valence-corrected chi connectivity index (χ4v) is 2.08. The molecule has 1 unspecified atom stereocenters. The third-order valence-corrected chi connectivity index (χ3v) is 3.18. The lowest BCUT2D eigenvalue weighted by molar-refractivity contribution is -0.230. The third-order valence-electron chi connectivity index (χ3n) is 3.18. The summed E-state index contributed by atoms with van der Waals surface area (Å²) in [6, 6.07) is 0. The van der Waals surface area contributed by atoms with Crippen LogP contribution in [0.5, 0.6) is 0 Å². The van der Waals surface area contributed by atoms with Crippen molar-refractivity contribution in [3.63, 3.8) is 0 Å². The Bertz CT molecular complexity index is 214. The van der Waals surface area contributed by atoms with Crippen molar-refractivity contribution >= 4 is 0 Å². The highest BCUT2D eigenvalue weighted by atomic mass is 16.5. The molecule has 0 amide bonds. The summed E-state index contributed by atoms with van der Waals surface area (Å²) in [5.41, 5.74) is 5.37. The van der Waals surface area contributed by atoms with Gasteiger partial charge in [-0.3, -0.25) is 0 Å². The van der Waals surface area contributed by atoms with Crippen molar-refractivity contribution in [1.29, 1.82) is 0 Å². The van der Waals surface area contributed by atoms with Crippen LogP contribution < -0.4 is 5.73 Å². The van der Waals surface area contributed by atoms with Crippen LogP contribution in [0.2, 0.25) is 0 Å². The molecule has 1 heterocycles. The standard InChI is InChI=1S/C11H23NO5/c12-5-3-1-2-4-7-9(14)11(16)10(15)8(6-13)17-7/h7-11,13-16H,1-6,12H2/t7?,8-,9+,10-,11-/m1/s1. The Morgan fingerprint density at radius 1 is 0.882 bits per heavy atom. The molecular weight excluding hydrogens is 226 g/mol. The van der Waals surface area contributed by atoms with Crippen molar-refractivity contribution in [2.45, 2.75) is 56.2 Å². The molecule has 0 aromatic rings. The van der Waals surface area contributed by atoms with Crippen molar-refractivity contribution in [3.05, 3.63) is 0 Å². The molecule has 6 N–H and O–H groups in total. The zero-order chi connectivity index (χ0) is 12.8. The van der Waals surface area contributed by atoms with Gasteiger partial charge >= 0.3 is 0 Å². The number of aliphatic hydroxyl groups is 4. The van der Waals surface area contributed by atoms with Crippen LogP contribution >= 0.6 is 0 Å². The number of nitrogens with two attached hydrogens (primary N) is 1. The van der Waals surface area contributed by atoms with Gasteiger partial charge in [0.15, 0.2) is 0 Å². The zero-order valence-corrected chi connectivity index (χ0v) is 9.90. The Hall–Kier alpha value is -0.240.